The molecule has 0 aliphatic heterocycles. The topological polar surface area (TPSA) is 76.1 Å². The maximum Gasteiger partial charge on any atom is 0.419 e. The van der Waals surface area contributed by atoms with Crippen LogP contribution in [0.1, 0.15) is 15.9 Å². The average molecular weight is 398 g/mol. The molecule has 0 unspecified atom stereocenters. The van der Waals surface area contributed by atoms with E-state index in [4.69, 9.17) is 0 Å². The van der Waals surface area contributed by atoms with E-state index in [0.29, 0.717) is 23.0 Å². The van der Waals surface area contributed by atoms with Crippen LogP contribution in [0.15, 0.2) is 59.6 Å². The van der Waals surface area contributed by atoms with Crippen LogP contribution in [-0.4, -0.2) is 19.3 Å². The average Bonchev–Trinajstić information content (AvgIpc) is 2.60. The van der Waals surface area contributed by atoms with E-state index < -0.39 is 38.4 Å². The minimum Gasteiger partial charge on any atom is -0.268 e. The molecular weight excluding hydrogens is 388 g/mol. The quantitative estimate of drug-likeness (QED) is 0.685. The van der Waals surface area contributed by atoms with Crippen LogP contribution in [0, 0.1) is 5.82 Å². The zero-order valence-electron chi connectivity index (χ0n) is 13.3. The Bertz CT molecular complexity index is 1140. The number of alkyl halides is 3. The molecule has 0 saturated carbocycles. The zero-order chi connectivity index (χ0) is 19.8. The number of amides is 1. The summed E-state index contributed by atoms with van der Waals surface area (Å²) in [6.07, 6.45) is -3.54. The van der Waals surface area contributed by atoms with E-state index in [1.807, 2.05) is 0 Å². The molecule has 0 fully saturated rings. The van der Waals surface area contributed by atoms with Crippen molar-refractivity contribution in [3.63, 3.8) is 0 Å². The highest BCUT2D eigenvalue weighted by Crippen LogP contribution is 2.32. The molecule has 1 N–H and O–H groups in total. The first-order valence-corrected chi connectivity index (χ1v) is 8.85. The smallest absolute Gasteiger partial charge is 0.268 e. The van der Waals surface area contributed by atoms with Gasteiger partial charge in [0.05, 0.1) is 16.0 Å². The molecule has 0 saturated heterocycles. The third-order valence-corrected chi connectivity index (χ3v) is 4.97. The Morgan fingerprint density at radius 1 is 1.04 bits per heavy atom. The predicted octanol–water partition coefficient (Wildman–Crippen LogP) is 3.51. The lowest BCUT2D eigenvalue weighted by Gasteiger charge is -2.11. The second kappa shape index (κ2) is 6.62. The normalized spacial score (nSPS) is 12.1. The Morgan fingerprint density at radius 2 is 1.78 bits per heavy atom. The lowest BCUT2D eigenvalue weighted by Crippen LogP contribution is -2.30. The number of fused-ring (bicyclic) bond motifs is 1. The van der Waals surface area contributed by atoms with Crippen LogP contribution >= 0.6 is 0 Å². The summed E-state index contributed by atoms with van der Waals surface area (Å²) in [7, 11) is -4.64. The highest BCUT2D eigenvalue weighted by Gasteiger charge is 2.35. The van der Waals surface area contributed by atoms with Gasteiger partial charge in [-0.25, -0.2) is 17.5 Å². The molecule has 3 aromatic rings. The van der Waals surface area contributed by atoms with E-state index in [9.17, 15) is 30.8 Å². The molecule has 0 radical (unpaired) electrons. The fourth-order valence-electron chi connectivity index (χ4n) is 2.35. The van der Waals surface area contributed by atoms with Gasteiger partial charge in [-0.15, -0.1) is 0 Å². The number of carbonyl (C=O) groups excluding carboxylic acids is 1. The second-order valence-corrected chi connectivity index (χ2v) is 7.17. The van der Waals surface area contributed by atoms with Gasteiger partial charge < -0.3 is 0 Å². The van der Waals surface area contributed by atoms with Crippen molar-refractivity contribution in [3.05, 3.63) is 71.7 Å². The number of nitrogens with zero attached hydrogens (tertiary/aromatic N) is 1. The van der Waals surface area contributed by atoms with Crippen LogP contribution < -0.4 is 4.72 Å². The maximum absolute atomic E-state index is 13.3. The van der Waals surface area contributed by atoms with Crippen molar-refractivity contribution in [3.8, 4) is 0 Å². The number of hydrogen-bond donors (Lipinski definition) is 1. The predicted molar refractivity (Wildman–Crippen MR) is 87.8 cm³/mol. The first-order valence-electron chi connectivity index (χ1n) is 7.36. The number of aromatic nitrogens is 1. The van der Waals surface area contributed by atoms with Crippen molar-refractivity contribution in [2.24, 2.45) is 0 Å². The largest absolute Gasteiger partial charge is 0.419 e. The van der Waals surface area contributed by atoms with Gasteiger partial charge in [-0.2, -0.15) is 13.2 Å². The fourth-order valence-corrected chi connectivity index (χ4v) is 3.35. The van der Waals surface area contributed by atoms with E-state index >= 15 is 0 Å². The molecule has 0 atom stereocenters. The Hall–Kier alpha value is -3.01. The summed E-state index contributed by atoms with van der Waals surface area (Å²) in [5, 5.41) is 0.573. The standard InChI is InChI=1S/C17H10F4N2O3S/c18-14-5-4-12(9-13(14)17(19,20)21)27(25,26)23-16(24)11-3-6-15-10(8-11)2-1-7-22-15/h1-9H,(H,23,24). The first-order chi connectivity index (χ1) is 12.6. The van der Waals surface area contributed by atoms with Gasteiger partial charge in [-0.1, -0.05) is 6.07 Å². The van der Waals surface area contributed by atoms with Crippen LogP contribution in [0.25, 0.3) is 10.9 Å². The zero-order valence-corrected chi connectivity index (χ0v) is 14.1. The molecule has 140 valence electrons. The maximum atomic E-state index is 13.3. The summed E-state index contributed by atoms with van der Waals surface area (Å²) < 4.78 is 77.8. The summed E-state index contributed by atoms with van der Waals surface area (Å²) >= 11 is 0. The third-order valence-electron chi connectivity index (χ3n) is 3.65. The Balaban J connectivity index is 1.92. The van der Waals surface area contributed by atoms with E-state index in [1.165, 1.54) is 18.2 Å². The summed E-state index contributed by atoms with van der Waals surface area (Å²) in [6, 6.07) is 8.64. The van der Waals surface area contributed by atoms with Crippen molar-refractivity contribution >= 4 is 26.8 Å². The van der Waals surface area contributed by atoms with Crippen LogP contribution in [0.2, 0.25) is 0 Å². The van der Waals surface area contributed by atoms with Crippen molar-refractivity contribution in [2.75, 3.05) is 0 Å². The number of pyridine rings is 1. The van der Waals surface area contributed by atoms with Gasteiger partial charge in [-0.3, -0.25) is 9.78 Å². The van der Waals surface area contributed by atoms with Crippen molar-refractivity contribution in [2.45, 2.75) is 11.1 Å². The Labute approximate surface area is 150 Å². The molecule has 1 heterocycles. The minimum atomic E-state index is -5.08. The molecule has 27 heavy (non-hydrogen) atoms. The second-order valence-electron chi connectivity index (χ2n) is 5.48. The molecule has 3 rings (SSSR count). The van der Waals surface area contributed by atoms with Crippen molar-refractivity contribution in [1.29, 1.82) is 0 Å². The summed E-state index contributed by atoms with van der Waals surface area (Å²) in [4.78, 5) is 15.4. The van der Waals surface area contributed by atoms with Gasteiger partial charge in [0.1, 0.15) is 5.82 Å². The molecule has 5 nitrogen and oxygen atoms in total. The molecule has 0 bridgehead atoms. The van der Waals surface area contributed by atoms with Crippen LogP contribution in [-0.2, 0) is 16.2 Å². The van der Waals surface area contributed by atoms with Gasteiger partial charge >= 0.3 is 6.18 Å². The number of rotatable bonds is 3. The number of benzene rings is 2. The number of carbonyl (C=O) groups is 1. The SMILES string of the molecule is O=C(NS(=O)(=O)c1ccc(F)c(C(F)(F)F)c1)c1ccc2ncccc2c1. The van der Waals surface area contributed by atoms with Gasteiger partial charge in [0.2, 0.25) is 0 Å². The lowest BCUT2D eigenvalue weighted by molar-refractivity contribution is -0.140. The molecule has 1 aromatic heterocycles. The first kappa shape index (κ1) is 18.8. The summed E-state index contributed by atoms with van der Waals surface area (Å²) in [5.74, 6) is -2.66. The molecular formula is C17H10F4N2O3S. The third kappa shape index (κ3) is 3.90. The lowest BCUT2D eigenvalue weighted by atomic mass is 10.1. The number of halogens is 4. The highest BCUT2D eigenvalue weighted by atomic mass is 32.2. The minimum absolute atomic E-state index is 0.0303. The number of sulfonamides is 1. The van der Waals surface area contributed by atoms with E-state index in [0.717, 1.165) is 0 Å². The Kier molecular flexibility index (Phi) is 4.60. The number of hydrogen-bond acceptors (Lipinski definition) is 4. The Morgan fingerprint density at radius 3 is 2.48 bits per heavy atom. The molecule has 10 heteroatoms. The van der Waals surface area contributed by atoms with Gasteiger partial charge in [-0.05, 0) is 42.5 Å². The van der Waals surface area contributed by atoms with Crippen molar-refractivity contribution < 1.29 is 30.8 Å². The summed E-state index contributed by atoms with van der Waals surface area (Å²) in [5.41, 5.74) is -1.20. The molecule has 1 amide bonds. The summed E-state index contributed by atoms with van der Waals surface area (Å²) in [6.45, 7) is 0. The van der Waals surface area contributed by atoms with Gasteiger partial charge in [0, 0.05) is 17.1 Å². The van der Waals surface area contributed by atoms with Crippen LogP contribution in [0.4, 0.5) is 17.6 Å². The molecule has 0 spiro atoms. The van der Waals surface area contributed by atoms with E-state index in [1.54, 1.807) is 23.1 Å². The number of nitrogens with one attached hydrogen (secondary N) is 1. The van der Waals surface area contributed by atoms with Crippen LogP contribution in [0.3, 0.4) is 0 Å². The fraction of sp³-hybridized carbons (Fsp3) is 0.0588. The van der Waals surface area contributed by atoms with Crippen LogP contribution in [0.5, 0.6) is 0 Å². The highest BCUT2D eigenvalue weighted by molar-refractivity contribution is 7.90. The van der Waals surface area contributed by atoms with Gasteiger partial charge in [0.25, 0.3) is 15.9 Å². The monoisotopic (exact) mass is 398 g/mol. The molecule has 0 aliphatic carbocycles. The van der Waals surface area contributed by atoms with E-state index in [2.05, 4.69) is 4.98 Å². The van der Waals surface area contributed by atoms with E-state index in [-0.39, 0.29) is 11.6 Å². The molecule has 2 aromatic carbocycles. The molecule has 0 aliphatic rings. The van der Waals surface area contributed by atoms with Crippen molar-refractivity contribution in [1.82, 2.24) is 9.71 Å². The van der Waals surface area contributed by atoms with Gasteiger partial charge in [0.15, 0.2) is 0 Å².